The summed E-state index contributed by atoms with van der Waals surface area (Å²) in [5.41, 5.74) is 3.78. The van der Waals surface area contributed by atoms with E-state index in [1.54, 1.807) is 19.2 Å². The Labute approximate surface area is 170 Å². The molecule has 0 radical (unpaired) electrons. The van der Waals surface area contributed by atoms with Gasteiger partial charge in [-0.15, -0.1) is 0 Å². The normalized spacial score (nSPS) is 13.1. The van der Waals surface area contributed by atoms with Gasteiger partial charge in [-0.25, -0.2) is 9.67 Å². The van der Waals surface area contributed by atoms with E-state index >= 15 is 0 Å². The van der Waals surface area contributed by atoms with Crippen LogP contribution in [0.15, 0.2) is 42.5 Å². The first kappa shape index (κ1) is 19.2. The van der Waals surface area contributed by atoms with E-state index in [4.69, 9.17) is 14.8 Å². The second-order valence-corrected chi connectivity index (χ2v) is 8.55. The smallest absolute Gasteiger partial charge is 0.251 e. The molecule has 0 bridgehead atoms. The van der Waals surface area contributed by atoms with Crippen molar-refractivity contribution in [1.82, 2.24) is 20.1 Å². The maximum atomic E-state index is 11.9. The van der Waals surface area contributed by atoms with E-state index < -0.39 is 0 Å². The molecule has 3 aromatic rings. The number of benzene rings is 2. The molecule has 6 nitrogen and oxygen atoms in total. The highest BCUT2D eigenvalue weighted by Crippen LogP contribution is 2.31. The van der Waals surface area contributed by atoms with Gasteiger partial charge in [-0.2, -0.15) is 5.10 Å². The lowest BCUT2D eigenvalue weighted by molar-refractivity contribution is 0.0963. The summed E-state index contributed by atoms with van der Waals surface area (Å²) in [7, 11) is 1.63. The molecule has 29 heavy (non-hydrogen) atoms. The average molecular weight is 390 g/mol. The quantitative estimate of drug-likeness (QED) is 0.735. The monoisotopic (exact) mass is 390 g/mol. The Balaban J connectivity index is 1.78. The molecular formula is C23H26N4O2. The molecule has 2 aromatic carbocycles. The summed E-state index contributed by atoms with van der Waals surface area (Å²) >= 11 is 0. The van der Waals surface area contributed by atoms with E-state index in [1.807, 2.05) is 28.9 Å². The summed E-state index contributed by atoms with van der Waals surface area (Å²) in [5, 5.41) is 7.45. The predicted molar refractivity (Wildman–Crippen MR) is 113 cm³/mol. The summed E-state index contributed by atoms with van der Waals surface area (Å²) in [5.74, 6) is 2.44. The van der Waals surface area contributed by atoms with Crippen molar-refractivity contribution in [2.45, 2.75) is 33.6 Å². The third-order valence-electron chi connectivity index (χ3n) is 4.89. The SMILES string of the molecule is CNC(=O)c1ccc(-n2nc(CC(C)(C)C)nc2-c2ccc3c(c2)CCO3)cc1. The molecule has 0 aliphatic carbocycles. The molecule has 1 aliphatic rings. The number of carbonyl (C=O) groups is 1. The van der Waals surface area contributed by atoms with Crippen LogP contribution in [0.3, 0.4) is 0 Å². The van der Waals surface area contributed by atoms with Crippen LogP contribution in [0.4, 0.5) is 0 Å². The van der Waals surface area contributed by atoms with Crippen LogP contribution >= 0.6 is 0 Å². The lowest BCUT2D eigenvalue weighted by atomic mass is 9.92. The zero-order chi connectivity index (χ0) is 20.6. The third kappa shape index (κ3) is 4.01. The number of nitrogens with zero attached hydrogens (tertiary/aromatic N) is 3. The lowest BCUT2D eigenvalue weighted by Crippen LogP contribution is -2.17. The predicted octanol–water partition coefficient (Wildman–Crippen LogP) is 3.82. The first-order valence-electron chi connectivity index (χ1n) is 9.89. The number of fused-ring (bicyclic) bond motifs is 1. The standard InChI is InChI=1S/C23H26N4O2/c1-23(2,3)14-20-25-21(17-7-10-19-16(13-17)11-12-29-19)27(26-20)18-8-5-15(6-9-18)22(28)24-4/h5-10,13H,11-12,14H2,1-4H3,(H,24,28). The molecule has 4 rings (SSSR count). The van der Waals surface area contributed by atoms with Gasteiger partial charge in [0, 0.05) is 31.0 Å². The second-order valence-electron chi connectivity index (χ2n) is 8.55. The fourth-order valence-corrected chi connectivity index (χ4v) is 3.49. The first-order chi connectivity index (χ1) is 13.8. The van der Waals surface area contributed by atoms with Gasteiger partial charge in [0.15, 0.2) is 11.6 Å². The van der Waals surface area contributed by atoms with Crippen molar-refractivity contribution in [2.75, 3.05) is 13.7 Å². The Morgan fingerprint density at radius 1 is 1.17 bits per heavy atom. The number of ether oxygens (including phenoxy) is 1. The van der Waals surface area contributed by atoms with E-state index in [0.29, 0.717) is 5.56 Å². The zero-order valence-electron chi connectivity index (χ0n) is 17.3. The second kappa shape index (κ2) is 7.35. The minimum atomic E-state index is -0.109. The highest BCUT2D eigenvalue weighted by Gasteiger charge is 2.21. The average Bonchev–Trinajstić information content (AvgIpc) is 3.32. The number of nitrogens with one attached hydrogen (secondary N) is 1. The highest BCUT2D eigenvalue weighted by molar-refractivity contribution is 5.94. The minimum Gasteiger partial charge on any atom is -0.493 e. The van der Waals surface area contributed by atoms with Crippen molar-refractivity contribution >= 4 is 5.91 Å². The molecule has 0 saturated carbocycles. The lowest BCUT2D eigenvalue weighted by Gasteiger charge is -2.14. The van der Waals surface area contributed by atoms with Crippen LogP contribution in [0.2, 0.25) is 0 Å². The summed E-state index contributed by atoms with van der Waals surface area (Å²) in [6.07, 6.45) is 1.68. The van der Waals surface area contributed by atoms with Crippen molar-refractivity contribution in [3.63, 3.8) is 0 Å². The Morgan fingerprint density at radius 3 is 2.62 bits per heavy atom. The van der Waals surface area contributed by atoms with E-state index in [-0.39, 0.29) is 11.3 Å². The molecule has 0 atom stereocenters. The van der Waals surface area contributed by atoms with Gasteiger partial charge < -0.3 is 10.1 Å². The molecule has 1 aromatic heterocycles. The van der Waals surface area contributed by atoms with Crippen molar-refractivity contribution in [3.05, 3.63) is 59.4 Å². The van der Waals surface area contributed by atoms with Crippen LogP contribution in [-0.4, -0.2) is 34.3 Å². The highest BCUT2D eigenvalue weighted by atomic mass is 16.5. The zero-order valence-corrected chi connectivity index (χ0v) is 17.3. The van der Waals surface area contributed by atoms with Gasteiger partial charge in [-0.05, 0) is 53.4 Å². The number of rotatable bonds is 4. The van der Waals surface area contributed by atoms with Crippen LogP contribution in [0.1, 0.15) is 42.5 Å². The maximum Gasteiger partial charge on any atom is 0.251 e. The number of aromatic nitrogens is 3. The largest absolute Gasteiger partial charge is 0.493 e. The fraction of sp³-hybridized carbons (Fsp3) is 0.348. The Kier molecular flexibility index (Phi) is 4.86. The molecule has 0 fully saturated rings. The Hall–Kier alpha value is -3.15. The topological polar surface area (TPSA) is 69.0 Å². The van der Waals surface area contributed by atoms with Gasteiger partial charge in [0.1, 0.15) is 5.75 Å². The van der Waals surface area contributed by atoms with Crippen LogP contribution < -0.4 is 10.1 Å². The molecule has 150 valence electrons. The van der Waals surface area contributed by atoms with Crippen molar-refractivity contribution in [2.24, 2.45) is 5.41 Å². The Morgan fingerprint density at radius 2 is 1.93 bits per heavy atom. The van der Waals surface area contributed by atoms with Crippen molar-refractivity contribution in [3.8, 4) is 22.8 Å². The van der Waals surface area contributed by atoms with Crippen molar-refractivity contribution < 1.29 is 9.53 Å². The Bertz CT molecular complexity index is 1050. The van der Waals surface area contributed by atoms with Gasteiger partial charge in [-0.3, -0.25) is 4.79 Å². The molecular weight excluding hydrogens is 364 g/mol. The fourth-order valence-electron chi connectivity index (χ4n) is 3.49. The molecule has 0 spiro atoms. The number of amides is 1. The summed E-state index contributed by atoms with van der Waals surface area (Å²) in [6.45, 7) is 7.26. The molecule has 1 amide bonds. The van der Waals surface area contributed by atoms with E-state index in [9.17, 15) is 4.79 Å². The molecule has 6 heteroatoms. The molecule has 2 heterocycles. The maximum absolute atomic E-state index is 11.9. The van der Waals surface area contributed by atoms with Gasteiger partial charge in [-0.1, -0.05) is 20.8 Å². The number of carbonyl (C=O) groups excluding carboxylic acids is 1. The molecule has 0 unspecified atom stereocenters. The molecule has 0 saturated heterocycles. The minimum absolute atomic E-state index is 0.0816. The summed E-state index contributed by atoms with van der Waals surface area (Å²) in [6, 6.07) is 13.6. The number of hydrogen-bond donors (Lipinski definition) is 1. The summed E-state index contributed by atoms with van der Waals surface area (Å²) in [4.78, 5) is 16.7. The van der Waals surface area contributed by atoms with Gasteiger partial charge in [0.05, 0.1) is 12.3 Å². The van der Waals surface area contributed by atoms with Crippen molar-refractivity contribution in [1.29, 1.82) is 0 Å². The van der Waals surface area contributed by atoms with Gasteiger partial charge in [0.25, 0.3) is 5.91 Å². The van der Waals surface area contributed by atoms with Gasteiger partial charge >= 0.3 is 0 Å². The van der Waals surface area contributed by atoms with Crippen LogP contribution in [0.25, 0.3) is 17.1 Å². The first-order valence-corrected chi connectivity index (χ1v) is 9.89. The number of hydrogen-bond acceptors (Lipinski definition) is 4. The third-order valence-corrected chi connectivity index (χ3v) is 4.89. The van der Waals surface area contributed by atoms with Crippen LogP contribution in [0.5, 0.6) is 5.75 Å². The summed E-state index contributed by atoms with van der Waals surface area (Å²) < 4.78 is 7.51. The van der Waals surface area contributed by atoms with Crippen LogP contribution in [0, 0.1) is 5.41 Å². The molecule has 1 aliphatic heterocycles. The van der Waals surface area contributed by atoms with Crippen LogP contribution in [-0.2, 0) is 12.8 Å². The van der Waals surface area contributed by atoms with E-state index in [2.05, 4.69) is 32.2 Å². The van der Waals surface area contributed by atoms with E-state index in [1.165, 1.54) is 5.56 Å². The van der Waals surface area contributed by atoms with Gasteiger partial charge in [0.2, 0.25) is 0 Å². The molecule has 1 N–H and O–H groups in total. The van der Waals surface area contributed by atoms with E-state index in [0.717, 1.165) is 48.1 Å².